The van der Waals surface area contributed by atoms with E-state index in [1.54, 1.807) is 0 Å². The first-order valence-electron chi connectivity index (χ1n) is 4.50. The van der Waals surface area contributed by atoms with Crippen molar-refractivity contribution in [2.24, 2.45) is 0 Å². The summed E-state index contributed by atoms with van der Waals surface area (Å²) in [4.78, 5) is 0. The average Bonchev–Trinajstić information content (AvgIpc) is 2.06. The van der Waals surface area contributed by atoms with E-state index in [1.807, 2.05) is 0 Å². The van der Waals surface area contributed by atoms with Gasteiger partial charge < -0.3 is 10.2 Å². The van der Waals surface area contributed by atoms with Crippen molar-refractivity contribution in [3.05, 3.63) is 31.2 Å². The number of hydrogen-bond donors (Lipinski definition) is 2. The summed E-state index contributed by atoms with van der Waals surface area (Å²) in [5.74, 6) is 0. The first kappa shape index (κ1) is 9.33. The SMILES string of the molecule is O[C@H]1Cc2c(Br)c3c(c(Br)c21)[C@@H](O)C3. The van der Waals surface area contributed by atoms with Crippen LogP contribution in [-0.2, 0) is 12.8 Å². The molecule has 0 heterocycles. The Labute approximate surface area is 98.2 Å². The highest BCUT2D eigenvalue weighted by molar-refractivity contribution is 9.11. The Morgan fingerprint density at radius 3 is 1.64 bits per heavy atom. The molecule has 0 radical (unpaired) electrons. The average molecular weight is 320 g/mol. The number of rotatable bonds is 0. The third-order valence-corrected chi connectivity index (χ3v) is 4.93. The first-order chi connectivity index (χ1) is 6.61. The number of benzene rings is 1. The quantitative estimate of drug-likeness (QED) is 0.771. The van der Waals surface area contributed by atoms with Crippen LogP contribution in [0.25, 0.3) is 0 Å². The summed E-state index contributed by atoms with van der Waals surface area (Å²) in [5, 5.41) is 19.2. The Balaban J connectivity index is 2.31. The monoisotopic (exact) mass is 318 g/mol. The third-order valence-electron chi connectivity index (χ3n) is 3.11. The van der Waals surface area contributed by atoms with Crippen molar-refractivity contribution in [1.29, 1.82) is 0 Å². The number of fused-ring (bicyclic) bond motifs is 2. The fraction of sp³-hybridized carbons (Fsp3) is 0.400. The zero-order valence-corrected chi connectivity index (χ0v) is 10.4. The number of halogens is 2. The summed E-state index contributed by atoms with van der Waals surface area (Å²) in [7, 11) is 0. The van der Waals surface area contributed by atoms with Crippen LogP contribution in [0.1, 0.15) is 34.5 Å². The molecule has 3 rings (SSSR count). The minimum atomic E-state index is -0.367. The normalized spacial score (nSPS) is 27.4. The van der Waals surface area contributed by atoms with Gasteiger partial charge in [0.1, 0.15) is 0 Å². The van der Waals surface area contributed by atoms with Crippen molar-refractivity contribution >= 4 is 31.9 Å². The lowest BCUT2D eigenvalue weighted by atomic mass is 9.75. The maximum absolute atomic E-state index is 9.60. The van der Waals surface area contributed by atoms with E-state index in [0.717, 1.165) is 32.9 Å². The Morgan fingerprint density at radius 1 is 0.857 bits per heavy atom. The molecule has 2 aliphatic carbocycles. The maximum atomic E-state index is 9.60. The van der Waals surface area contributed by atoms with Gasteiger partial charge >= 0.3 is 0 Å². The third kappa shape index (κ3) is 0.927. The lowest BCUT2D eigenvalue weighted by Gasteiger charge is -2.37. The lowest BCUT2D eigenvalue weighted by molar-refractivity contribution is 0.138. The van der Waals surface area contributed by atoms with Crippen LogP contribution in [0.3, 0.4) is 0 Å². The fourth-order valence-corrected chi connectivity index (χ4v) is 4.01. The first-order valence-corrected chi connectivity index (χ1v) is 6.08. The van der Waals surface area contributed by atoms with Gasteiger partial charge in [-0.1, -0.05) is 31.9 Å². The molecule has 0 saturated heterocycles. The van der Waals surface area contributed by atoms with Crippen molar-refractivity contribution in [2.75, 3.05) is 0 Å². The molecule has 2 aliphatic rings. The van der Waals surface area contributed by atoms with Crippen molar-refractivity contribution < 1.29 is 10.2 Å². The molecule has 0 aliphatic heterocycles. The summed E-state index contributed by atoms with van der Waals surface area (Å²) < 4.78 is 1.99. The predicted octanol–water partition coefficient (Wildman–Crippen LogP) is 2.39. The van der Waals surface area contributed by atoms with Gasteiger partial charge in [0.15, 0.2) is 0 Å². The smallest absolute Gasteiger partial charge is 0.0844 e. The van der Waals surface area contributed by atoms with Gasteiger partial charge in [0.2, 0.25) is 0 Å². The molecule has 1 aromatic carbocycles. The topological polar surface area (TPSA) is 40.5 Å². The minimum absolute atomic E-state index is 0.367. The molecule has 0 spiro atoms. The summed E-state index contributed by atoms with van der Waals surface area (Å²) in [6.07, 6.45) is 0.707. The van der Waals surface area contributed by atoms with Crippen molar-refractivity contribution in [1.82, 2.24) is 0 Å². The zero-order valence-electron chi connectivity index (χ0n) is 7.22. The van der Waals surface area contributed by atoms with Gasteiger partial charge in [0, 0.05) is 21.8 Å². The molecule has 1 aromatic rings. The van der Waals surface area contributed by atoms with E-state index in [1.165, 1.54) is 11.1 Å². The molecule has 0 bridgehead atoms. The van der Waals surface area contributed by atoms with Crippen LogP contribution in [0.2, 0.25) is 0 Å². The molecule has 2 N–H and O–H groups in total. The van der Waals surface area contributed by atoms with Crippen LogP contribution in [0.4, 0.5) is 0 Å². The lowest BCUT2D eigenvalue weighted by Crippen LogP contribution is -2.27. The molecule has 2 atom stereocenters. The molecular formula is C10H8Br2O2. The maximum Gasteiger partial charge on any atom is 0.0844 e. The Bertz CT molecular complexity index is 405. The van der Waals surface area contributed by atoms with Crippen LogP contribution in [0.5, 0.6) is 0 Å². The molecule has 0 amide bonds. The second-order valence-electron chi connectivity index (χ2n) is 3.85. The minimum Gasteiger partial charge on any atom is -0.388 e. The predicted molar refractivity (Wildman–Crippen MR) is 59.2 cm³/mol. The van der Waals surface area contributed by atoms with E-state index in [2.05, 4.69) is 31.9 Å². The van der Waals surface area contributed by atoms with Gasteiger partial charge in [0.25, 0.3) is 0 Å². The van der Waals surface area contributed by atoms with Gasteiger partial charge in [-0.15, -0.1) is 0 Å². The van der Waals surface area contributed by atoms with E-state index in [4.69, 9.17) is 0 Å². The highest BCUT2D eigenvalue weighted by Gasteiger charge is 2.39. The van der Waals surface area contributed by atoms with Gasteiger partial charge in [-0.2, -0.15) is 0 Å². The van der Waals surface area contributed by atoms with Crippen molar-refractivity contribution in [2.45, 2.75) is 25.0 Å². The molecule has 0 unspecified atom stereocenters. The van der Waals surface area contributed by atoms with E-state index >= 15 is 0 Å². The molecule has 0 fully saturated rings. The summed E-state index contributed by atoms with van der Waals surface area (Å²) >= 11 is 6.99. The highest BCUT2D eigenvalue weighted by Crippen LogP contribution is 2.52. The summed E-state index contributed by atoms with van der Waals surface area (Å²) in [5.41, 5.74) is 4.29. The molecule has 14 heavy (non-hydrogen) atoms. The van der Waals surface area contributed by atoms with Crippen LogP contribution >= 0.6 is 31.9 Å². The largest absolute Gasteiger partial charge is 0.388 e. The molecule has 2 nitrogen and oxygen atoms in total. The van der Waals surface area contributed by atoms with Gasteiger partial charge in [-0.25, -0.2) is 0 Å². The number of aliphatic hydroxyl groups is 2. The fourth-order valence-electron chi connectivity index (χ4n) is 2.25. The van der Waals surface area contributed by atoms with E-state index in [0.29, 0.717) is 0 Å². The Kier molecular flexibility index (Phi) is 1.88. The van der Waals surface area contributed by atoms with Crippen LogP contribution in [-0.4, -0.2) is 10.2 Å². The standard InChI is InChI=1S/C10H8Br2O2/c11-9-3-1-5(13)7(3)10(12)8-4(9)2-6(8)14/h5-6,13-14H,1-2H2/t5-,6-/m0/s1. The van der Waals surface area contributed by atoms with E-state index < -0.39 is 0 Å². The van der Waals surface area contributed by atoms with Crippen LogP contribution < -0.4 is 0 Å². The second-order valence-corrected chi connectivity index (χ2v) is 5.44. The molecular weight excluding hydrogens is 312 g/mol. The van der Waals surface area contributed by atoms with Gasteiger partial charge in [-0.3, -0.25) is 0 Å². The summed E-state index contributed by atoms with van der Waals surface area (Å²) in [6, 6.07) is 0. The van der Waals surface area contributed by atoms with Gasteiger partial charge in [0.05, 0.1) is 12.2 Å². The molecule has 74 valence electrons. The van der Waals surface area contributed by atoms with Crippen LogP contribution in [0, 0.1) is 0 Å². The summed E-state index contributed by atoms with van der Waals surface area (Å²) in [6.45, 7) is 0. The number of hydrogen-bond acceptors (Lipinski definition) is 2. The Morgan fingerprint density at radius 2 is 1.29 bits per heavy atom. The van der Waals surface area contributed by atoms with E-state index in [9.17, 15) is 10.2 Å². The molecule has 0 saturated carbocycles. The van der Waals surface area contributed by atoms with Crippen molar-refractivity contribution in [3.8, 4) is 0 Å². The molecule has 0 aromatic heterocycles. The van der Waals surface area contributed by atoms with E-state index in [-0.39, 0.29) is 12.2 Å². The van der Waals surface area contributed by atoms with Gasteiger partial charge in [-0.05, 0) is 22.3 Å². The highest BCUT2D eigenvalue weighted by atomic mass is 79.9. The number of aliphatic hydroxyl groups excluding tert-OH is 2. The Hall–Kier alpha value is 0.1000. The van der Waals surface area contributed by atoms with Crippen molar-refractivity contribution in [3.63, 3.8) is 0 Å². The molecule has 4 heteroatoms. The zero-order chi connectivity index (χ0) is 10.0. The van der Waals surface area contributed by atoms with Crippen LogP contribution in [0.15, 0.2) is 8.95 Å². The second kappa shape index (κ2) is 2.82.